The topological polar surface area (TPSA) is 17.1 Å². The SMILES string of the molecule is C/C(=C1C=C/C(=C(/C)C(C)(C)C)C\1=O)C(C)(C)C. The lowest BCUT2D eigenvalue weighted by molar-refractivity contribution is -0.111. The first-order valence-corrected chi connectivity index (χ1v) is 6.61. The van der Waals surface area contributed by atoms with Gasteiger partial charge in [0.25, 0.3) is 0 Å². The summed E-state index contributed by atoms with van der Waals surface area (Å²) in [7, 11) is 0. The van der Waals surface area contributed by atoms with Crippen molar-refractivity contribution in [3.63, 3.8) is 0 Å². The molecule has 1 nitrogen and oxygen atoms in total. The van der Waals surface area contributed by atoms with Gasteiger partial charge in [-0.1, -0.05) is 64.8 Å². The summed E-state index contributed by atoms with van der Waals surface area (Å²) in [5.41, 5.74) is 4.17. The Kier molecular flexibility index (Phi) is 3.76. The largest absolute Gasteiger partial charge is 0.289 e. The Hall–Kier alpha value is -1.11. The number of Topliss-reactive ketones (excluding diaryl/α,β-unsaturated/α-hetero) is 1. The van der Waals surface area contributed by atoms with Crippen molar-refractivity contribution in [3.8, 4) is 0 Å². The minimum atomic E-state index is 0.0421. The third kappa shape index (κ3) is 2.82. The minimum Gasteiger partial charge on any atom is -0.289 e. The van der Waals surface area contributed by atoms with Crippen molar-refractivity contribution in [2.45, 2.75) is 55.4 Å². The summed E-state index contributed by atoms with van der Waals surface area (Å²) < 4.78 is 0. The lowest BCUT2D eigenvalue weighted by Gasteiger charge is -2.23. The quantitative estimate of drug-likeness (QED) is 0.558. The van der Waals surface area contributed by atoms with Gasteiger partial charge in [0, 0.05) is 11.1 Å². The molecule has 0 saturated carbocycles. The fourth-order valence-corrected chi connectivity index (χ4v) is 1.86. The predicted molar refractivity (Wildman–Crippen MR) is 78.5 cm³/mol. The first-order chi connectivity index (χ1) is 7.96. The van der Waals surface area contributed by atoms with E-state index in [1.807, 2.05) is 12.2 Å². The molecule has 0 radical (unpaired) electrons. The van der Waals surface area contributed by atoms with Gasteiger partial charge in [-0.15, -0.1) is 0 Å². The molecule has 0 aromatic rings. The molecule has 0 aliphatic heterocycles. The molecule has 0 unspecified atom stereocenters. The van der Waals surface area contributed by atoms with Crippen molar-refractivity contribution in [1.82, 2.24) is 0 Å². The van der Waals surface area contributed by atoms with Crippen LogP contribution in [0, 0.1) is 10.8 Å². The molecule has 0 aromatic carbocycles. The van der Waals surface area contributed by atoms with Gasteiger partial charge in [-0.3, -0.25) is 4.79 Å². The molecule has 1 aliphatic rings. The smallest absolute Gasteiger partial charge is 0.192 e. The molecular weight excluding hydrogens is 220 g/mol. The molecule has 1 aliphatic carbocycles. The molecule has 0 amide bonds. The third-order valence-electron chi connectivity index (χ3n) is 3.96. The fourth-order valence-electron chi connectivity index (χ4n) is 1.86. The summed E-state index contributed by atoms with van der Waals surface area (Å²) in [5, 5.41) is 0. The number of hydrogen-bond acceptors (Lipinski definition) is 1. The van der Waals surface area contributed by atoms with Crippen molar-refractivity contribution in [2.24, 2.45) is 10.8 Å². The molecule has 0 atom stereocenters. The van der Waals surface area contributed by atoms with Crippen LogP contribution >= 0.6 is 0 Å². The maximum atomic E-state index is 12.5. The average Bonchev–Trinajstić information content (AvgIpc) is 2.55. The first kappa shape index (κ1) is 14.9. The van der Waals surface area contributed by atoms with Crippen LogP contribution in [-0.2, 0) is 4.79 Å². The second kappa shape index (κ2) is 4.53. The summed E-state index contributed by atoms with van der Waals surface area (Å²) in [4.78, 5) is 12.5. The molecule has 18 heavy (non-hydrogen) atoms. The molecule has 1 heteroatoms. The van der Waals surface area contributed by atoms with Crippen LogP contribution < -0.4 is 0 Å². The molecule has 0 heterocycles. The zero-order valence-electron chi connectivity index (χ0n) is 13.1. The van der Waals surface area contributed by atoms with Crippen molar-refractivity contribution in [1.29, 1.82) is 0 Å². The molecule has 0 spiro atoms. The molecular formula is C17H26O. The van der Waals surface area contributed by atoms with E-state index in [1.165, 1.54) is 11.1 Å². The number of carbonyl (C=O) groups excluding carboxylic acids is 1. The Morgan fingerprint density at radius 1 is 0.778 bits per heavy atom. The summed E-state index contributed by atoms with van der Waals surface area (Å²) in [5.74, 6) is 0.190. The van der Waals surface area contributed by atoms with Crippen LogP contribution in [0.5, 0.6) is 0 Å². The van der Waals surface area contributed by atoms with E-state index >= 15 is 0 Å². The highest BCUT2D eigenvalue weighted by Gasteiger charge is 2.28. The first-order valence-electron chi connectivity index (χ1n) is 6.61. The zero-order valence-corrected chi connectivity index (χ0v) is 13.1. The number of rotatable bonds is 0. The lowest BCUT2D eigenvalue weighted by Crippen LogP contribution is -2.15. The lowest BCUT2D eigenvalue weighted by atomic mass is 9.81. The van der Waals surface area contributed by atoms with Gasteiger partial charge in [0.2, 0.25) is 0 Å². The highest BCUT2D eigenvalue weighted by Crippen LogP contribution is 2.36. The van der Waals surface area contributed by atoms with Gasteiger partial charge in [0.05, 0.1) is 0 Å². The van der Waals surface area contributed by atoms with Crippen LogP contribution in [0.3, 0.4) is 0 Å². The molecule has 1 rings (SSSR count). The monoisotopic (exact) mass is 246 g/mol. The van der Waals surface area contributed by atoms with Crippen molar-refractivity contribution < 1.29 is 4.79 Å². The van der Waals surface area contributed by atoms with E-state index in [-0.39, 0.29) is 16.6 Å². The Morgan fingerprint density at radius 3 is 1.28 bits per heavy atom. The van der Waals surface area contributed by atoms with E-state index in [0.29, 0.717) is 0 Å². The van der Waals surface area contributed by atoms with Gasteiger partial charge in [-0.2, -0.15) is 0 Å². The predicted octanol–water partition coefficient (Wildman–Crippen LogP) is 4.85. The normalized spacial score (nSPS) is 22.6. The summed E-state index contributed by atoms with van der Waals surface area (Å²) in [6, 6.07) is 0. The molecule has 0 N–H and O–H groups in total. The van der Waals surface area contributed by atoms with Crippen LogP contribution in [0.25, 0.3) is 0 Å². The van der Waals surface area contributed by atoms with E-state index in [9.17, 15) is 4.79 Å². The second-order valence-corrected chi connectivity index (χ2v) is 7.24. The van der Waals surface area contributed by atoms with Crippen LogP contribution in [0.15, 0.2) is 34.4 Å². The van der Waals surface area contributed by atoms with Gasteiger partial charge in [0.1, 0.15) is 0 Å². The number of hydrogen-bond donors (Lipinski definition) is 0. The van der Waals surface area contributed by atoms with E-state index in [1.54, 1.807) is 0 Å². The Bertz CT molecular complexity index is 415. The molecule has 100 valence electrons. The number of carbonyl (C=O) groups is 1. The molecule has 0 aromatic heterocycles. The number of allylic oxidation sites excluding steroid dienone is 6. The van der Waals surface area contributed by atoms with Crippen molar-refractivity contribution >= 4 is 5.78 Å². The number of ketones is 1. The molecule has 0 bridgehead atoms. The highest BCUT2D eigenvalue weighted by molar-refractivity contribution is 6.16. The summed E-state index contributed by atoms with van der Waals surface area (Å²) in [6.07, 6.45) is 3.96. The summed E-state index contributed by atoms with van der Waals surface area (Å²) in [6.45, 7) is 17.0. The maximum Gasteiger partial charge on any atom is 0.192 e. The highest BCUT2D eigenvalue weighted by atomic mass is 16.1. The fraction of sp³-hybridized carbons (Fsp3) is 0.588. The van der Waals surface area contributed by atoms with Gasteiger partial charge >= 0.3 is 0 Å². The van der Waals surface area contributed by atoms with Crippen molar-refractivity contribution in [3.05, 3.63) is 34.4 Å². The van der Waals surface area contributed by atoms with Gasteiger partial charge in [-0.25, -0.2) is 0 Å². The van der Waals surface area contributed by atoms with Gasteiger partial charge in [0.15, 0.2) is 5.78 Å². The summed E-state index contributed by atoms with van der Waals surface area (Å²) >= 11 is 0. The Morgan fingerprint density at radius 2 is 1.06 bits per heavy atom. The van der Waals surface area contributed by atoms with Crippen LogP contribution in [-0.4, -0.2) is 5.78 Å². The van der Waals surface area contributed by atoms with Crippen LogP contribution in [0.2, 0.25) is 0 Å². The average molecular weight is 246 g/mol. The zero-order chi connectivity index (χ0) is 14.3. The second-order valence-electron chi connectivity index (χ2n) is 7.24. The van der Waals surface area contributed by atoms with E-state index in [0.717, 1.165) is 11.1 Å². The van der Waals surface area contributed by atoms with Gasteiger partial charge in [-0.05, 0) is 24.7 Å². The third-order valence-corrected chi connectivity index (χ3v) is 3.96. The minimum absolute atomic E-state index is 0.0421. The Labute approximate surface area is 112 Å². The van der Waals surface area contributed by atoms with E-state index < -0.39 is 0 Å². The van der Waals surface area contributed by atoms with E-state index in [2.05, 4.69) is 55.4 Å². The van der Waals surface area contributed by atoms with E-state index in [4.69, 9.17) is 0 Å². The standard InChI is InChI=1S/C17H26O/c1-11(16(3,4)5)13-9-10-14(15(13)18)12(2)17(6,7)8/h9-10H,1-8H3/b13-11-,14-12+. The molecule has 0 fully saturated rings. The Balaban J connectivity index is 3.29. The molecule has 0 saturated heterocycles. The van der Waals surface area contributed by atoms with Crippen LogP contribution in [0.1, 0.15) is 55.4 Å². The van der Waals surface area contributed by atoms with Crippen molar-refractivity contribution in [2.75, 3.05) is 0 Å². The van der Waals surface area contributed by atoms with Crippen LogP contribution in [0.4, 0.5) is 0 Å². The maximum absolute atomic E-state index is 12.5. The van der Waals surface area contributed by atoms with Gasteiger partial charge < -0.3 is 0 Å².